The van der Waals surface area contributed by atoms with Crippen LogP contribution in [0, 0.1) is 5.82 Å². The third kappa shape index (κ3) is 2.78. The van der Waals surface area contributed by atoms with Crippen molar-refractivity contribution in [3.8, 4) is 0 Å². The van der Waals surface area contributed by atoms with Gasteiger partial charge in [0.25, 0.3) is 0 Å². The van der Waals surface area contributed by atoms with E-state index in [1.54, 1.807) is 7.11 Å². The van der Waals surface area contributed by atoms with Gasteiger partial charge in [-0.15, -0.1) is 11.6 Å². The van der Waals surface area contributed by atoms with Crippen molar-refractivity contribution in [2.45, 2.75) is 31.2 Å². The van der Waals surface area contributed by atoms with Crippen LogP contribution in [0.25, 0.3) is 0 Å². The fraction of sp³-hybridized carbons (Fsp3) is 0.571. The number of rotatable bonds is 3. The van der Waals surface area contributed by atoms with E-state index >= 15 is 0 Å². The molecule has 1 fully saturated rings. The number of anilines is 1. The van der Waals surface area contributed by atoms with E-state index in [0.29, 0.717) is 5.88 Å². The van der Waals surface area contributed by atoms with Gasteiger partial charge >= 0.3 is 0 Å². The maximum atomic E-state index is 13.2. The first-order valence-electron chi connectivity index (χ1n) is 6.22. The Balaban J connectivity index is 2.25. The number of hydrogen-bond donors (Lipinski definition) is 0. The Morgan fingerprint density at radius 3 is 2.94 bits per heavy atom. The van der Waals surface area contributed by atoms with Crippen LogP contribution in [0.15, 0.2) is 18.2 Å². The molecule has 0 aliphatic carbocycles. The van der Waals surface area contributed by atoms with Crippen LogP contribution in [0.2, 0.25) is 0 Å². The predicted molar refractivity (Wildman–Crippen MR) is 72.8 cm³/mol. The molecule has 1 unspecified atom stereocenters. The minimum atomic E-state index is -0.235. The zero-order valence-electron chi connectivity index (χ0n) is 10.9. The molecule has 18 heavy (non-hydrogen) atoms. The second-order valence-electron chi connectivity index (χ2n) is 5.09. The molecule has 2 nitrogen and oxygen atoms in total. The van der Waals surface area contributed by atoms with Crippen LogP contribution in [-0.4, -0.2) is 25.8 Å². The molecule has 0 aromatic heterocycles. The summed E-state index contributed by atoms with van der Waals surface area (Å²) < 4.78 is 18.8. The minimum Gasteiger partial charge on any atom is -0.377 e. The van der Waals surface area contributed by atoms with Gasteiger partial charge in [-0.1, -0.05) is 0 Å². The van der Waals surface area contributed by atoms with Crippen LogP contribution in [0.4, 0.5) is 10.1 Å². The maximum absolute atomic E-state index is 13.2. The highest BCUT2D eigenvalue weighted by Crippen LogP contribution is 2.31. The summed E-state index contributed by atoms with van der Waals surface area (Å²) in [5, 5.41) is 0. The van der Waals surface area contributed by atoms with Crippen LogP contribution >= 0.6 is 11.6 Å². The highest BCUT2D eigenvalue weighted by atomic mass is 35.5. The van der Waals surface area contributed by atoms with E-state index in [1.807, 2.05) is 6.07 Å². The second kappa shape index (κ2) is 5.45. The first-order chi connectivity index (χ1) is 8.58. The van der Waals surface area contributed by atoms with Gasteiger partial charge in [0.05, 0.1) is 5.60 Å². The molecule has 2 rings (SSSR count). The van der Waals surface area contributed by atoms with Crippen molar-refractivity contribution in [2.75, 3.05) is 25.1 Å². The smallest absolute Gasteiger partial charge is 0.123 e. The van der Waals surface area contributed by atoms with Crippen molar-refractivity contribution < 1.29 is 9.13 Å². The minimum absolute atomic E-state index is 0.129. The van der Waals surface area contributed by atoms with E-state index in [9.17, 15) is 4.39 Å². The standard InChI is InChI=1S/C14H19ClFNO/c1-14(18-2)6-3-7-17(10-14)13-5-4-12(16)8-11(13)9-15/h4-5,8H,3,6-7,9-10H2,1-2H3. The van der Waals surface area contributed by atoms with Crippen molar-refractivity contribution in [3.05, 3.63) is 29.6 Å². The monoisotopic (exact) mass is 271 g/mol. The van der Waals surface area contributed by atoms with Crippen molar-refractivity contribution >= 4 is 17.3 Å². The van der Waals surface area contributed by atoms with Crippen LogP contribution in [0.5, 0.6) is 0 Å². The number of piperidine rings is 1. The number of ether oxygens (including phenoxy) is 1. The van der Waals surface area contributed by atoms with Gasteiger partial charge < -0.3 is 9.64 Å². The summed E-state index contributed by atoms with van der Waals surface area (Å²) >= 11 is 5.90. The van der Waals surface area contributed by atoms with Crippen molar-refractivity contribution in [1.29, 1.82) is 0 Å². The predicted octanol–water partition coefficient (Wildman–Crippen LogP) is 3.57. The Kier molecular flexibility index (Phi) is 4.13. The number of halogens is 2. The van der Waals surface area contributed by atoms with Crippen molar-refractivity contribution in [1.82, 2.24) is 0 Å². The van der Waals surface area contributed by atoms with Gasteiger partial charge in [0.1, 0.15) is 5.82 Å². The molecule has 100 valence electrons. The van der Waals surface area contributed by atoms with Crippen LogP contribution < -0.4 is 4.90 Å². The molecule has 1 atom stereocenters. The molecule has 1 aromatic rings. The fourth-order valence-corrected chi connectivity index (χ4v) is 2.76. The van der Waals surface area contributed by atoms with E-state index in [0.717, 1.165) is 37.2 Å². The molecule has 0 N–H and O–H groups in total. The molecular weight excluding hydrogens is 253 g/mol. The van der Waals surface area contributed by atoms with Gasteiger partial charge in [-0.25, -0.2) is 4.39 Å². The lowest BCUT2D eigenvalue weighted by atomic mass is 9.94. The molecule has 1 aliphatic heterocycles. The summed E-state index contributed by atoms with van der Waals surface area (Å²) in [5.74, 6) is 0.0914. The molecule has 1 aromatic carbocycles. The van der Waals surface area contributed by atoms with E-state index in [2.05, 4.69) is 11.8 Å². The average molecular weight is 272 g/mol. The number of benzene rings is 1. The number of hydrogen-bond acceptors (Lipinski definition) is 2. The lowest BCUT2D eigenvalue weighted by molar-refractivity contribution is -0.00467. The molecule has 0 spiro atoms. The Morgan fingerprint density at radius 2 is 2.28 bits per heavy atom. The van der Waals surface area contributed by atoms with Crippen molar-refractivity contribution in [3.63, 3.8) is 0 Å². The molecule has 0 bridgehead atoms. The highest BCUT2D eigenvalue weighted by Gasteiger charge is 2.31. The van der Waals surface area contributed by atoms with E-state index in [4.69, 9.17) is 16.3 Å². The molecule has 1 heterocycles. The largest absolute Gasteiger partial charge is 0.377 e. The summed E-state index contributed by atoms with van der Waals surface area (Å²) in [6, 6.07) is 4.82. The van der Waals surface area contributed by atoms with Gasteiger partial charge in [-0.2, -0.15) is 0 Å². The summed E-state index contributed by atoms with van der Waals surface area (Å²) in [6.45, 7) is 3.90. The maximum Gasteiger partial charge on any atom is 0.123 e. The zero-order valence-corrected chi connectivity index (χ0v) is 11.6. The van der Waals surface area contributed by atoms with Crippen molar-refractivity contribution in [2.24, 2.45) is 0 Å². The van der Waals surface area contributed by atoms with E-state index < -0.39 is 0 Å². The molecule has 4 heteroatoms. The number of alkyl halides is 1. The third-order valence-corrected chi connectivity index (χ3v) is 3.97. The van der Waals surface area contributed by atoms with Crippen LogP contribution in [0.3, 0.4) is 0 Å². The average Bonchev–Trinajstić information content (AvgIpc) is 2.38. The molecule has 0 amide bonds. The summed E-state index contributed by atoms with van der Waals surface area (Å²) in [7, 11) is 1.75. The van der Waals surface area contributed by atoms with Gasteiger partial charge in [-0.05, 0) is 43.5 Å². The van der Waals surface area contributed by atoms with E-state index in [1.165, 1.54) is 12.1 Å². The van der Waals surface area contributed by atoms with Gasteiger partial charge in [0.2, 0.25) is 0 Å². The zero-order chi connectivity index (χ0) is 13.2. The van der Waals surface area contributed by atoms with Crippen LogP contribution in [0.1, 0.15) is 25.3 Å². The van der Waals surface area contributed by atoms with Crippen LogP contribution in [-0.2, 0) is 10.6 Å². The summed E-state index contributed by atoms with van der Waals surface area (Å²) in [5.41, 5.74) is 1.74. The molecule has 0 saturated carbocycles. The molecule has 1 aliphatic rings. The SMILES string of the molecule is COC1(C)CCCN(c2ccc(F)cc2CCl)C1. The first kappa shape index (κ1) is 13.6. The Morgan fingerprint density at radius 1 is 1.50 bits per heavy atom. The number of methoxy groups -OCH3 is 1. The Labute approximate surface area is 113 Å². The molecule has 0 radical (unpaired) electrons. The topological polar surface area (TPSA) is 12.5 Å². The fourth-order valence-electron chi connectivity index (χ4n) is 2.55. The Bertz CT molecular complexity index is 426. The third-order valence-electron chi connectivity index (χ3n) is 3.68. The number of nitrogens with zero attached hydrogens (tertiary/aromatic N) is 1. The van der Waals surface area contributed by atoms with Gasteiger partial charge in [0, 0.05) is 31.8 Å². The van der Waals surface area contributed by atoms with E-state index in [-0.39, 0.29) is 11.4 Å². The Hall–Kier alpha value is -0.800. The summed E-state index contributed by atoms with van der Waals surface area (Å²) in [6.07, 6.45) is 2.13. The summed E-state index contributed by atoms with van der Waals surface area (Å²) in [4.78, 5) is 2.24. The lowest BCUT2D eigenvalue weighted by Gasteiger charge is -2.41. The molecular formula is C14H19ClFNO. The normalized spacial score (nSPS) is 24.3. The first-order valence-corrected chi connectivity index (χ1v) is 6.76. The van der Waals surface area contributed by atoms with Gasteiger partial charge in [-0.3, -0.25) is 0 Å². The quantitative estimate of drug-likeness (QED) is 0.780. The van der Waals surface area contributed by atoms with Gasteiger partial charge in [0.15, 0.2) is 0 Å². The molecule has 1 saturated heterocycles. The lowest BCUT2D eigenvalue weighted by Crippen LogP contribution is -2.47. The highest BCUT2D eigenvalue weighted by molar-refractivity contribution is 6.17. The second-order valence-corrected chi connectivity index (χ2v) is 5.35.